The van der Waals surface area contributed by atoms with Gasteiger partial charge in [-0.2, -0.15) is 9.97 Å². The highest BCUT2D eigenvalue weighted by molar-refractivity contribution is 5.89. The molecule has 2 saturated carbocycles. The molecular weight excluding hydrogens is 510 g/mol. The number of amides is 1. The quantitative estimate of drug-likeness (QED) is 0.341. The number of nitrogens with zero attached hydrogens (tertiary/aromatic N) is 5. The number of hydrogen-bond donors (Lipinski definition) is 3. The Labute approximate surface area is 234 Å². The molecule has 3 N–H and O–H groups in total. The van der Waals surface area contributed by atoms with Crippen LogP contribution in [-0.2, 0) is 4.74 Å². The molecule has 0 radical (unpaired) electrons. The number of benzene rings is 1. The van der Waals surface area contributed by atoms with Crippen LogP contribution in [-0.4, -0.2) is 61.4 Å². The maximum absolute atomic E-state index is 12.2. The Balaban J connectivity index is 1.37. The molecule has 1 aromatic carbocycles. The minimum Gasteiger partial charge on any atom is -0.478 e. The minimum absolute atomic E-state index is 0.0812. The summed E-state index contributed by atoms with van der Waals surface area (Å²) in [5, 5.41) is 15.6. The summed E-state index contributed by atoms with van der Waals surface area (Å²) in [6.07, 6.45) is 9.57. The van der Waals surface area contributed by atoms with Gasteiger partial charge >= 0.3 is 12.1 Å². The summed E-state index contributed by atoms with van der Waals surface area (Å²) in [6.45, 7) is 5.59. The molecule has 0 atom stereocenters. The zero-order valence-corrected chi connectivity index (χ0v) is 23.7. The summed E-state index contributed by atoms with van der Waals surface area (Å²) in [4.78, 5) is 40.3. The van der Waals surface area contributed by atoms with E-state index in [0.717, 1.165) is 49.9 Å². The van der Waals surface area contributed by atoms with Crippen molar-refractivity contribution in [2.45, 2.75) is 95.9 Å². The van der Waals surface area contributed by atoms with E-state index in [1.54, 1.807) is 24.3 Å². The molecular formula is C29H39N7O4. The minimum atomic E-state index is -0.966. The normalized spacial score (nSPS) is 19.9. The third-order valence-electron chi connectivity index (χ3n) is 7.80. The van der Waals surface area contributed by atoms with Gasteiger partial charge in [0.15, 0.2) is 17.0 Å². The van der Waals surface area contributed by atoms with Crippen molar-refractivity contribution in [1.29, 1.82) is 0 Å². The lowest BCUT2D eigenvalue weighted by Crippen LogP contribution is -2.44. The van der Waals surface area contributed by atoms with Crippen LogP contribution in [0.2, 0.25) is 0 Å². The average molecular weight is 550 g/mol. The molecule has 2 aliphatic rings. The molecule has 214 valence electrons. The highest BCUT2D eigenvalue weighted by Crippen LogP contribution is 2.35. The van der Waals surface area contributed by atoms with Crippen LogP contribution in [0.5, 0.6) is 0 Å². The van der Waals surface area contributed by atoms with Crippen molar-refractivity contribution >= 4 is 40.7 Å². The summed E-state index contributed by atoms with van der Waals surface area (Å²) in [6, 6.07) is 7.27. The Morgan fingerprint density at radius 1 is 1.02 bits per heavy atom. The number of alkyl carbamates (subject to hydrolysis) is 1. The lowest BCUT2D eigenvalue weighted by molar-refractivity contribution is 0.0490. The Kier molecular flexibility index (Phi) is 7.82. The molecule has 40 heavy (non-hydrogen) atoms. The van der Waals surface area contributed by atoms with Gasteiger partial charge in [-0.05, 0) is 83.6 Å². The van der Waals surface area contributed by atoms with Crippen LogP contribution in [0.15, 0.2) is 30.6 Å². The fraction of sp³-hybridized carbons (Fsp3) is 0.552. The Bertz CT molecular complexity index is 1350. The molecule has 5 rings (SSSR count). The molecule has 1 amide bonds. The molecule has 2 heterocycles. The van der Waals surface area contributed by atoms with E-state index >= 15 is 0 Å². The largest absolute Gasteiger partial charge is 0.478 e. The van der Waals surface area contributed by atoms with Crippen molar-refractivity contribution in [3.63, 3.8) is 0 Å². The van der Waals surface area contributed by atoms with E-state index in [4.69, 9.17) is 19.7 Å². The van der Waals surface area contributed by atoms with E-state index in [1.807, 2.05) is 34.1 Å². The van der Waals surface area contributed by atoms with Crippen molar-refractivity contribution in [2.24, 2.45) is 0 Å². The van der Waals surface area contributed by atoms with Gasteiger partial charge in [0, 0.05) is 30.9 Å². The van der Waals surface area contributed by atoms with Crippen molar-refractivity contribution in [1.82, 2.24) is 24.8 Å². The molecule has 0 spiro atoms. The van der Waals surface area contributed by atoms with Gasteiger partial charge in [-0.3, -0.25) is 0 Å². The lowest BCUT2D eigenvalue weighted by Gasteiger charge is -2.35. The number of rotatable bonds is 7. The number of aromatic nitrogens is 4. The van der Waals surface area contributed by atoms with E-state index in [0.29, 0.717) is 23.3 Å². The number of aromatic carboxylic acids is 1. The highest BCUT2D eigenvalue weighted by Gasteiger charge is 2.29. The van der Waals surface area contributed by atoms with Crippen molar-refractivity contribution in [2.75, 3.05) is 17.3 Å². The molecule has 0 unspecified atom stereocenters. The highest BCUT2D eigenvalue weighted by atomic mass is 16.6. The third kappa shape index (κ3) is 6.29. The number of nitrogens with one attached hydrogen (secondary N) is 2. The fourth-order valence-electron chi connectivity index (χ4n) is 5.68. The topological polar surface area (TPSA) is 134 Å². The van der Waals surface area contributed by atoms with Gasteiger partial charge in [-0.25, -0.2) is 14.6 Å². The second-order valence-corrected chi connectivity index (χ2v) is 11.9. The molecule has 11 nitrogen and oxygen atoms in total. The number of fused-ring (bicyclic) bond motifs is 1. The fourth-order valence-corrected chi connectivity index (χ4v) is 5.68. The predicted molar refractivity (Wildman–Crippen MR) is 153 cm³/mol. The van der Waals surface area contributed by atoms with Gasteiger partial charge in [-0.15, -0.1) is 0 Å². The first-order chi connectivity index (χ1) is 19.1. The van der Waals surface area contributed by atoms with E-state index in [2.05, 4.69) is 20.1 Å². The molecule has 2 aromatic heterocycles. The zero-order valence-electron chi connectivity index (χ0n) is 23.7. The number of ether oxygens (including phenoxy) is 1. The summed E-state index contributed by atoms with van der Waals surface area (Å²) in [5.74, 6) is 0.235. The molecule has 3 aromatic rings. The molecule has 0 aliphatic heterocycles. The van der Waals surface area contributed by atoms with Gasteiger partial charge in [0.25, 0.3) is 0 Å². The number of hydrogen-bond acceptors (Lipinski definition) is 8. The molecule has 2 fully saturated rings. The number of carbonyl (C=O) groups excluding carboxylic acids is 1. The molecule has 0 saturated heterocycles. The van der Waals surface area contributed by atoms with E-state index < -0.39 is 11.6 Å². The van der Waals surface area contributed by atoms with Gasteiger partial charge in [-0.1, -0.05) is 12.8 Å². The number of carbonyl (C=O) groups is 2. The monoisotopic (exact) mass is 549 g/mol. The summed E-state index contributed by atoms with van der Waals surface area (Å²) >= 11 is 0. The standard InChI is InChI=1S/C29H39N7O4/c1-29(2,3)40-28(39)32-20-13-15-21(16-14-20)35(4)27-33-24(31-19-11-9-18(10-12-19)26(37)38)23-25(34-27)36(17-30-23)22-7-5-6-8-22/h9-12,17,20-22H,5-8,13-16H2,1-4H3,(H,32,39)(H,37,38)(H,31,33,34). The second-order valence-electron chi connectivity index (χ2n) is 11.9. The SMILES string of the molecule is CN(c1nc(Nc2ccc(C(=O)O)cc2)c2ncn(C3CCCC3)c2n1)C1CCC(NC(=O)OC(C)(C)C)CC1. The van der Waals surface area contributed by atoms with Crippen LogP contribution in [0.3, 0.4) is 0 Å². The Morgan fingerprint density at radius 2 is 1.70 bits per heavy atom. The second kappa shape index (κ2) is 11.3. The van der Waals surface area contributed by atoms with Crippen molar-refractivity contribution < 1.29 is 19.4 Å². The van der Waals surface area contributed by atoms with Crippen LogP contribution < -0.4 is 15.5 Å². The first-order valence-corrected chi connectivity index (χ1v) is 14.1. The van der Waals surface area contributed by atoms with Gasteiger partial charge in [0.1, 0.15) is 5.60 Å². The Hall–Kier alpha value is -3.89. The number of anilines is 3. The number of imidazole rings is 1. The van der Waals surface area contributed by atoms with Crippen LogP contribution in [0.1, 0.15) is 88.5 Å². The van der Waals surface area contributed by atoms with Crippen molar-refractivity contribution in [3.8, 4) is 0 Å². The molecule has 11 heteroatoms. The van der Waals surface area contributed by atoms with Gasteiger partial charge < -0.3 is 29.9 Å². The molecule has 0 bridgehead atoms. The van der Waals surface area contributed by atoms with E-state index in [-0.39, 0.29) is 23.7 Å². The van der Waals surface area contributed by atoms with Gasteiger partial charge in [0.05, 0.1) is 11.9 Å². The Morgan fingerprint density at radius 3 is 2.33 bits per heavy atom. The summed E-state index contributed by atoms with van der Waals surface area (Å²) in [5.41, 5.74) is 1.92. The zero-order chi connectivity index (χ0) is 28.4. The van der Waals surface area contributed by atoms with Gasteiger partial charge in [0.2, 0.25) is 5.95 Å². The number of carboxylic acids is 1. The van der Waals surface area contributed by atoms with E-state index in [9.17, 15) is 14.7 Å². The van der Waals surface area contributed by atoms with Crippen LogP contribution >= 0.6 is 0 Å². The predicted octanol–water partition coefficient (Wildman–Crippen LogP) is 5.66. The number of carboxylic acid groups (broad SMARTS) is 1. The first kappa shape index (κ1) is 27.7. The first-order valence-electron chi connectivity index (χ1n) is 14.1. The van der Waals surface area contributed by atoms with E-state index in [1.165, 1.54) is 12.8 Å². The average Bonchev–Trinajstić information content (AvgIpc) is 3.58. The van der Waals surface area contributed by atoms with Crippen LogP contribution in [0.25, 0.3) is 11.2 Å². The van der Waals surface area contributed by atoms with Crippen LogP contribution in [0.4, 0.5) is 22.2 Å². The van der Waals surface area contributed by atoms with Crippen LogP contribution in [0, 0.1) is 0 Å². The summed E-state index contributed by atoms with van der Waals surface area (Å²) < 4.78 is 7.61. The lowest BCUT2D eigenvalue weighted by atomic mass is 9.90. The third-order valence-corrected chi connectivity index (χ3v) is 7.80. The summed E-state index contributed by atoms with van der Waals surface area (Å²) in [7, 11) is 2.02. The maximum Gasteiger partial charge on any atom is 0.407 e. The van der Waals surface area contributed by atoms with Crippen molar-refractivity contribution in [3.05, 3.63) is 36.2 Å². The maximum atomic E-state index is 12.2. The smallest absolute Gasteiger partial charge is 0.407 e. The molecule has 2 aliphatic carbocycles.